The number of phosphoric ester groups is 1. The van der Waals surface area contributed by atoms with Crippen LogP contribution in [0.4, 0.5) is 0 Å². The summed E-state index contributed by atoms with van der Waals surface area (Å²) < 4.78 is 30.7. The molecule has 0 rings (SSSR count). The quantitative estimate of drug-likeness (QED) is 0.0205. The highest BCUT2D eigenvalue weighted by atomic mass is 31.2. The lowest BCUT2D eigenvalue weighted by Crippen LogP contribution is -2.47. The SMILES string of the molecule is CC/C=C/C/C=C/C/C=C/CCCCCCCCC(=O)NC(COP(=O)(O)OCC[N+](C)(C)C)C(/C=C/CCCCCCCCCCC)OC(=O)CCCCCCCCCCCCC/C=C/CCCCCCCC. The second-order valence-electron chi connectivity index (χ2n) is 22.2. The van der Waals surface area contributed by atoms with Crippen molar-refractivity contribution in [3.8, 4) is 0 Å². The minimum absolute atomic E-state index is 0.0365. The van der Waals surface area contributed by atoms with E-state index in [9.17, 15) is 19.0 Å². The molecular weight excluding hydrogens is 940 g/mol. The number of unbranched alkanes of at least 4 members (excludes halogenated alkanes) is 32. The van der Waals surface area contributed by atoms with Crippen LogP contribution in [-0.4, -0.2) is 74.3 Å². The van der Waals surface area contributed by atoms with Gasteiger partial charge in [0, 0.05) is 12.8 Å². The number of esters is 1. The van der Waals surface area contributed by atoms with Crippen LogP contribution < -0.4 is 5.32 Å². The van der Waals surface area contributed by atoms with E-state index < -0.39 is 20.0 Å². The number of allylic oxidation sites excluding steroid dienone is 9. The summed E-state index contributed by atoms with van der Waals surface area (Å²) in [6.07, 6.45) is 67.9. The van der Waals surface area contributed by atoms with Crippen LogP contribution in [0.15, 0.2) is 60.8 Å². The second kappa shape index (κ2) is 54.1. The molecule has 74 heavy (non-hydrogen) atoms. The number of nitrogens with one attached hydrogen (secondary N) is 1. The molecule has 0 bridgehead atoms. The van der Waals surface area contributed by atoms with Crippen LogP contribution >= 0.6 is 7.82 Å². The van der Waals surface area contributed by atoms with Crippen molar-refractivity contribution in [1.29, 1.82) is 0 Å². The zero-order valence-corrected chi connectivity index (χ0v) is 50.2. The Morgan fingerprint density at radius 3 is 1.31 bits per heavy atom. The molecular formula is C64H120N2O7P+. The molecule has 3 unspecified atom stereocenters. The van der Waals surface area contributed by atoms with Gasteiger partial charge in [-0.05, 0) is 89.5 Å². The van der Waals surface area contributed by atoms with Gasteiger partial charge in [0.25, 0.3) is 0 Å². The van der Waals surface area contributed by atoms with Crippen LogP contribution in [0.3, 0.4) is 0 Å². The van der Waals surface area contributed by atoms with Crippen molar-refractivity contribution in [2.75, 3.05) is 40.9 Å². The van der Waals surface area contributed by atoms with Crippen LogP contribution in [0, 0.1) is 0 Å². The molecule has 0 saturated heterocycles. The number of carbonyl (C=O) groups is 2. The Kier molecular flexibility index (Phi) is 52.4. The third-order valence-corrected chi connectivity index (χ3v) is 14.7. The summed E-state index contributed by atoms with van der Waals surface area (Å²) in [5.41, 5.74) is 0. The first-order valence-corrected chi connectivity index (χ1v) is 32.6. The van der Waals surface area contributed by atoms with Crippen molar-refractivity contribution in [3.05, 3.63) is 60.8 Å². The molecule has 0 fully saturated rings. The van der Waals surface area contributed by atoms with Gasteiger partial charge < -0.3 is 19.4 Å². The van der Waals surface area contributed by atoms with E-state index in [0.29, 0.717) is 17.4 Å². The van der Waals surface area contributed by atoms with E-state index in [1.54, 1.807) is 0 Å². The van der Waals surface area contributed by atoms with Crippen molar-refractivity contribution in [3.63, 3.8) is 0 Å². The van der Waals surface area contributed by atoms with Crippen molar-refractivity contribution in [2.24, 2.45) is 0 Å². The molecule has 3 atom stereocenters. The summed E-state index contributed by atoms with van der Waals surface area (Å²) in [5, 5.41) is 3.05. The fraction of sp³-hybridized carbons (Fsp3) is 0.812. The minimum Gasteiger partial charge on any atom is -0.456 e. The summed E-state index contributed by atoms with van der Waals surface area (Å²) in [5.74, 6) is -0.516. The van der Waals surface area contributed by atoms with Gasteiger partial charge in [0.15, 0.2) is 0 Å². The molecule has 10 heteroatoms. The van der Waals surface area contributed by atoms with E-state index in [1.165, 1.54) is 161 Å². The van der Waals surface area contributed by atoms with E-state index >= 15 is 0 Å². The molecule has 2 N–H and O–H groups in total. The van der Waals surface area contributed by atoms with Crippen LogP contribution in [0.2, 0.25) is 0 Å². The van der Waals surface area contributed by atoms with Gasteiger partial charge in [-0.2, -0.15) is 0 Å². The summed E-state index contributed by atoms with van der Waals surface area (Å²) >= 11 is 0. The van der Waals surface area contributed by atoms with Crippen molar-refractivity contribution in [1.82, 2.24) is 5.32 Å². The largest absolute Gasteiger partial charge is 0.472 e. The molecule has 0 aliphatic rings. The number of nitrogens with zero attached hydrogens (tertiary/aromatic N) is 1. The van der Waals surface area contributed by atoms with Gasteiger partial charge in [-0.1, -0.05) is 242 Å². The lowest BCUT2D eigenvalue weighted by molar-refractivity contribution is -0.870. The minimum atomic E-state index is -4.45. The second-order valence-corrected chi connectivity index (χ2v) is 23.6. The molecule has 432 valence electrons. The summed E-state index contributed by atoms with van der Waals surface area (Å²) in [6, 6.07) is -0.855. The number of amides is 1. The Balaban J connectivity index is 5.19. The highest BCUT2D eigenvalue weighted by molar-refractivity contribution is 7.47. The highest BCUT2D eigenvalue weighted by Crippen LogP contribution is 2.43. The first-order valence-electron chi connectivity index (χ1n) is 31.1. The average molecular weight is 1060 g/mol. The van der Waals surface area contributed by atoms with Crippen LogP contribution in [0.1, 0.15) is 284 Å². The number of ether oxygens (including phenoxy) is 1. The molecule has 0 heterocycles. The molecule has 0 spiro atoms. The Bertz CT molecular complexity index is 1450. The zero-order chi connectivity index (χ0) is 54.3. The number of hydrogen-bond acceptors (Lipinski definition) is 6. The number of rotatable bonds is 56. The summed E-state index contributed by atoms with van der Waals surface area (Å²) in [6.45, 7) is 6.90. The van der Waals surface area contributed by atoms with Gasteiger partial charge in [0.05, 0.1) is 33.8 Å². The van der Waals surface area contributed by atoms with E-state index in [2.05, 4.69) is 74.7 Å². The van der Waals surface area contributed by atoms with Gasteiger partial charge in [-0.25, -0.2) is 4.57 Å². The van der Waals surface area contributed by atoms with Crippen molar-refractivity contribution < 1.29 is 37.3 Å². The smallest absolute Gasteiger partial charge is 0.456 e. The molecule has 9 nitrogen and oxygen atoms in total. The van der Waals surface area contributed by atoms with Gasteiger partial charge in [-0.15, -0.1) is 0 Å². The van der Waals surface area contributed by atoms with Gasteiger partial charge in [0.2, 0.25) is 5.91 Å². The first kappa shape index (κ1) is 71.7. The fourth-order valence-electron chi connectivity index (χ4n) is 8.89. The normalized spacial score (nSPS) is 14.1. The summed E-state index contributed by atoms with van der Waals surface area (Å²) in [7, 11) is 1.49. The van der Waals surface area contributed by atoms with E-state index in [-0.39, 0.29) is 31.5 Å². The van der Waals surface area contributed by atoms with Crippen molar-refractivity contribution >= 4 is 19.7 Å². The van der Waals surface area contributed by atoms with Gasteiger partial charge in [-0.3, -0.25) is 18.6 Å². The maximum atomic E-state index is 13.5. The summed E-state index contributed by atoms with van der Waals surface area (Å²) in [4.78, 5) is 37.7. The first-order chi connectivity index (χ1) is 35.9. The maximum absolute atomic E-state index is 13.5. The molecule has 0 radical (unpaired) electrons. The number of phosphoric acid groups is 1. The number of likely N-dealkylation sites (N-methyl/N-ethyl adjacent to an activating group) is 1. The Labute approximate surface area is 458 Å². The molecule has 0 aromatic rings. The van der Waals surface area contributed by atoms with Crippen LogP contribution in [0.25, 0.3) is 0 Å². The molecule has 1 amide bonds. The molecule has 0 aliphatic heterocycles. The van der Waals surface area contributed by atoms with Gasteiger partial charge in [0.1, 0.15) is 19.3 Å². The molecule has 0 aromatic carbocycles. The number of carbonyl (C=O) groups excluding carboxylic acids is 2. The topological polar surface area (TPSA) is 111 Å². The lowest BCUT2D eigenvalue weighted by Gasteiger charge is -2.27. The number of hydrogen-bond donors (Lipinski definition) is 2. The van der Waals surface area contributed by atoms with E-state index in [4.69, 9.17) is 13.8 Å². The average Bonchev–Trinajstić information content (AvgIpc) is 3.36. The number of quaternary nitrogens is 1. The molecule has 0 saturated carbocycles. The van der Waals surface area contributed by atoms with Crippen LogP contribution in [0.5, 0.6) is 0 Å². The Hall–Kier alpha value is -2.29. The highest BCUT2D eigenvalue weighted by Gasteiger charge is 2.30. The van der Waals surface area contributed by atoms with Crippen LogP contribution in [-0.2, 0) is 27.9 Å². The van der Waals surface area contributed by atoms with Crippen molar-refractivity contribution in [2.45, 2.75) is 296 Å². The fourth-order valence-corrected chi connectivity index (χ4v) is 9.63. The standard InChI is InChI=1S/C64H119N2O7P/c1-7-10-13-16-19-22-25-27-29-31-32-33-34-35-37-39-42-45-48-51-54-57-64(68)73-62(55-52-49-46-43-40-24-21-18-15-12-9-3)61(60-72-74(69,70)71-59-58-66(4,5)6)65-63(67)56-53-50-47-44-41-38-36-30-28-26-23-20-17-14-11-8-2/h11,14,20,23,27-30,52,55,61-62H,7-10,12-13,15-19,21-22,24-26,31-51,53-54,56-60H2,1-6H3,(H-,65,67,69,70)/p+1/b14-11+,23-20+,29-27+,30-28+,55-52+. The maximum Gasteiger partial charge on any atom is 0.472 e. The van der Waals surface area contributed by atoms with E-state index in [1.807, 2.05) is 33.3 Å². The Morgan fingerprint density at radius 1 is 0.486 bits per heavy atom. The lowest BCUT2D eigenvalue weighted by atomic mass is 10.0. The third kappa shape index (κ3) is 54.5. The molecule has 0 aromatic heterocycles. The van der Waals surface area contributed by atoms with E-state index in [0.717, 1.165) is 89.9 Å². The molecule has 0 aliphatic carbocycles. The monoisotopic (exact) mass is 1060 g/mol. The Morgan fingerprint density at radius 2 is 0.865 bits per heavy atom. The predicted octanol–water partition coefficient (Wildman–Crippen LogP) is 19.1. The van der Waals surface area contributed by atoms with Gasteiger partial charge >= 0.3 is 13.8 Å². The predicted molar refractivity (Wildman–Crippen MR) is 318 cm³/mol. The third-order valence-electron chi connectivity index (χ3n) is 13.7. The zero-order valence-electron chi connectivity index (χ0n) is 49.3.